The van der Waals surface area contributed by atoms with Gasteiger partial charge in [-0.25, -0.2) is 0 Å². The standard InChI is InChI=1S/C17H23F3O4/c1-2-3-4-5-6-7-8-11-23-15-12-13(24-17(18,19)20)9-10-14(15)16(21)22/h9-10,12H,2-8,11H2,1H3,(H,21,22)/p-1. The van der Waals surface area contributed by atoms with Crippen LogP contribution in [0.2, 0.25) is 0 Å². The molecule has 0 unspecified atom stereocenters. The Hall–Kier alpha value is -1.92. The second-order valence-corrected chi connectivity index (χ2v) is 5.46. The number of hydrogen-bond acceptors (Lipinski definition) is 4. The topological polar surface area (TPSA) is 58.6 Å². The predicted molar refractivity (Wildman–Crippen MR) is 80.9 cm³/mol. The fraction of sp³-hybridized carbons (Fsp3) is 0.588. The number of aromatic carboxylic acids is 1. The zero-order chi connectivity index (χ0) is 18.0. The smallest absolute Gasteiger partial charge is 0.545 e. The number of carbonyl (C=O) groups is 1. The highest BCUT2D eigenvalue weighted by molar-refractivity contribution is 5.89. The summed E-state index contributed by atoms with van der Waals surface area (Å²) in [6, 6.07) is 2.82. The van der Waals surface area contributed by atoms with Crippen LogP contribution in [0.15, 0.2) is 18.2 Å². The first-order chi connectivity index (χ1) is 11.3. The van der Waals surface area contributed by atoms with Gasteiger partial charge in [0.15, 0.2) is 0 Å². The van der Waals surface area contributed by atoms with E-state index < -0.39 is 18.1 Å². The molecule has 0 heterocycles. The number of carboxylic acids is 1. The Kier molecular flexibility index (Phi) is 8.43. The third-order valence-electron chi connectivity index (χ3n) is 3.41. The van der Waals surface area contributed by atoms with Crippen molar-refractivity contribution < 1.29 is 32.5 Å². The van der Waals surface area contributed by atoms with Gasteiger partial charge in [0, 0.05) is 11.6 Å². The maximum Gasteiger partial charge on any atom is 0.573 e. The van der Waals surface area contributed by atoms with Crippen molar-refractivity contribution in [1.29, 1.82) is 0 Å². The van der Waals surface area contributed by atoms with Gasteiger partial charge in [-0.15, -0.1) is 13.2 Å². The van der Waals surface area contributed by atoms with Crippen LogP contribution in [-0.2, 0) is 0 Å². The van der Waals surface area contributed by atoms with Gasteiger partial charge in [-0.05, 0) is 18.6 Å². The number of halogens is 3. The van der Waals surface area contributed by atoms with Gasteiger partial charge in [0.1, 0.15) is 11.5 Å². The summed E-state index contributed by atoms with van der Waals surface area (Å²) < 4.78 is 45.7. The van der Waals surface area contributed by atoms with Crippen LogP contribution in [0.5, 0.6) is 11.5 Å². The van der Waals surface area contributed by atoms with E-state index in [0.29, 0.717) is 6.42 Å². The largest absolute Gasteiger partial charge is 0.573 e. The molecule has 0 radical (unpaired) electrons. The Balaban J connectivity index is 2.52. The summed E-state index contributed by atoms with van der Waals surface area (Å²) in [5.41, 5.74) is -0.299. The number of carboxylic acid groups (broad SMARTS) is 1. The lowest BCUT2D eigenvalue weighted by molar-refractivity contribution is -0.274. The Bertz CT molecular complexity index is 515. The minimum absolute atomic E-state index is 0.178. The van der Waals surface area contributed by atoms with Gasteiger partial charge in [0.05, 0.1) is 12.6 Å². The molecule has 1 rings (SSSR count). The average molecular weight is 347 g/mol. The van der Waals surface area contributed by atoms with Crippen LogP contribution in [0.4, 0.5) is 13.2 Å². The molecule has 1 aromatic carbocycles. The van der Waals surface area contributed by atoms with E-state index in [1.807, 2.05) is 0 Å². The van der Waals surface area contributed by atoms with Crippen molar-refractivity contribution in [2.75, 3.05) is 6.61 Å². The van der Waals surface area contributed by atoms with Gasteiger partial charge < -0.3 is 19.4 Å². The quantitative estimate of drug-likeness (QED) is 0.566. The molecule has 0 amide bonds. The average Bonchev–Trinajstić information content (AvgIpc) is 2.48. The van der Waals surface area contributed by atoms with E-state index >= 15 is 0 Å². The lowest BCUT2D eigenvalue weighted by Crippen LogP contribution is -2.23. The van der Waals surface area contributed by atoms with E-state index in [0.717, 1.165) is 37.5 Å². The predicted octanol–water partition coefficient (Wildman–Crippen LogP) is 4.08. The SMILES string of the molecule is CCCCCCCCCOc1cc(OC(F)(F)F)ccc1C(=O)[O-]. The van der Waals surface area contributed by atoms with E-state index in [1.165, 1.54) is 19.3 Å². The van der Waals surface area contributed by atoms with Crippen LogP contribution in [0.25, 0.3) is 0 Å². The molecular formula is C17H22F3O4-. The first-order valence-corrected chi connectivity index (χ1v) is 8.07. The Morgan fingerprint density at radius 3 is 2.29 bits per heavy atom. The van der Waals surface area contributed by atoms with Crippen molar-refractivity contribution in [3.05, 3.63) is 23.8 Å². The van der Waals surface area contributed by atoms with Crippen LogP contribution in [0, 0.1) is 0 Å². The zero-order valence-electron chi connectivity index (χ0n) is 13.7. The molecule has 1 aromatic rings. The van der Waals surface area contributed by atoms with Crippen molar-refractivity contribution in [3.8, 4) is 11.5 Å². The molecule has 0 aromatic heterocycles. The summed E-state index contributed by atoms with van der Waals surface area (Å²) in [7, 11) is 0. The van der Waals surface area contributed by atoms with Crippen molar-refractivity contribution in [1.82, 2.24) is 0 Å². The highest BCUT2D eigenvalue weighted by Crippen LogP contribution is 2.29. The molecule has 0 saturated heterocycles. The number of rotatable bonds is 11. The minimum atomic E-state index is -4.85. The van der Waals surface area contributed by atoms with E-state index in [4.69, 9.17) is 4.74 Å². The summed E-state index contributed by atoms with van der Waals surface area (Å²) in [5, 5.41) is 11.0. The first kappa shape index (κ1) is 20.1. The van der Waals surface area contributed by atoms with Crippen LogP contribution >= 0.6 is 0 Å². The molecular weight excluding hydrogens is 325 g/mol. The molecule has 4 nitrogen and oxygen atoms in total. The van der Waals surface area contributed by atoms with E-state index in [2.05, 4.69) is 11.7 Å². The molecule has 0 aliphatic carbocycles. The number of ether oxygens (including phenoxy) is 2. The Labute approximate surface area is 139 Å². The minimum Gasteiger partial charge on any atom is -0.545 e. The molecule has 0 spiro atoms. The summed E-state index contributed by atoms with van der Waals surface area (Å²) in [4.78, 5) is 11.0. The Morgan fingerprint density at radius 2 is 1.71 bits per heavy atom. The maximum absolute atomic E-state index is 12.2. The number of benzene rings is 1. The number of hydrogen-bond donors (Lipinski definition) is 0. The molecule has 0 aliphatic rings. The molecule has 136 valence electrons. The van der Waals surface area contributed by atoms with E-state index in [1.54, 1.807) is 0 Å². The van der Waals surface area contributed by atoms with Crippen LogP contribution < -0.4 is 14.6 Å². The highest BCUT2D eigenvalue weighted by atomic mass is 19.4. The van der Waals surface area contributed by atoms with Crippen LogP contribution in [0.3, 0.4) is 0 Å². The van der Waals surface area contributed by atoms with Crippen molar-refractivity contribution in [2.24, 2.45) is 0 Å². The first-order valence-electron chi connectivity index (χ1n) is 8.07. The van der Waals surface area contributed by atoms with E-state index in [9.17, 15) is 23.1 Å². The number of alkyl halides is 3. The molecule has 0 aliphatic heterocycles. The molecule has 24 heavy (non-hydrogen) atoms. The van der Waals surface area contributed by atoms with Crippen LogP contribution in [0.1, 0.15) is 62.2 Å². The van der Waals surface area contributed by atoms with Crippen molar-refractivity contribution in [2.45, 2.75) is 58.2 Å². The number of unbranched alkanes of at least 4 members (excludes halogenated alkanes) is 6. The molecule has 0 atom stereocenters. The van der Waals surface area contributed by atoms with Gasteiger partial charge in [0.2, 0.25) is 0 Å². The molecule has 7 heteroatoms. The van der Waals surface area contributed by atoms with Crippen molar-refractivity contribution in [3.63, 3.8) is 0 Å². The molecule has 0 bridgehead atoms. The van der Waals surface area contributed by atoms with Crippen molar-refractivity contribution >= 4 is 5.97 Å². The summed E-state index contributed by atoms with van der Waals surface area (Å²) >= 11 is 0. The number of carbonyl (C=O) groups excluding carboxylic acids is 1. The lowest BCUT2D eigenvalue weighted by atomic mass is 10.1. The second kappa shape index (κ2) is 10.1. The summed E-state index contributed by atoms with van der Waals surface area (Å²) in [6.45, 7) is 2.36. The molecule has 0 fully saturated rings. The van der Waals surface area contributed by atoms with Gasteiger partial charge in [-0.1, -0.05) is 45.4 Å². The summed E-state index contributed by atoms with van der Waals surface area (Å²) in [5.74, 6) is -2.21. The van der Waals surface area contributed by atoms with Crippen LogP contribution in [-0.4, -0.2) is 18.9 Å². The third-order valence-corrected chi connectivity index (χ3v) is 3.41. The van der Waals surface area contributed by atoms with Gasteiger partial charge in [-0.2, -0.15) is 0 Å². The van der Waals surface area contributed by atoms with Gasteiger partial charge >= 0.3 is 6.36 Å². The normalized spacial score (nSPS) is 11.3. The third kappa shape index (κ3) is 8.08. The van der Waals surface area contributed by atoms with E-state index in [-0.39, 0.29) is 17.9 Å². The second-order valence-electron chi connectivity index (χ2n) is 5.46. The van der Waals surface area contributed by atoms with Gasteiger partial charge in [0.25, 0.3) is 0 Å². The Morgan fingerprint density at radius 1 is 1.08 bits per heavy atom. The van der Waals surface area contributed by atoms with Gasteiger partial charge in [-0.3, -0.25) is 0 Å². The lowest BCUT2D eigenvalue weighted by Gasteiger charge is -2.15. The monoisotopic (exact) mass is 347 g/mol. The highest BCUT2D eigenvalue weighted by Gasteiger charge is 2.31. The fourth-order valence-corrected chi connectivity index (χ4v) is 2.23. The maximum atomic E-state index is 12.2. The summed E-state index contributed by atoms with van der Waals surface area (Å²) in [6.07, 6.45) is 2.51. The molecule has 0 N–H and O–H groups in total. The molecule has 0 saturated carbocycles. The zero-order valence-corrected chi connectivity index (χ0v) is 13.7. The fourth-order valence-electron chi connectivity index (χ4n) is 2.23.